The summed E-state index contributed by atoms with van der Waals surface area (Å²) in [7, 11) is 0. The van der Waals surface area contributed by atoms with Gasteiger partial charge < -0.3 is 37.0 Å². The second kappa shape index (κ2) is 34.6. The van der Waals surface area contributed by atoms with E-state index in [1.807, 2.05) is 11.9 Å². The van der Waals surface area contributed by atoms with Gasteiger partial charge >= 0.3 is 0 Å². The monoisotopic (exact) mass is 1040 g/mol. The zero-order valence-corrected chi connectivity index (χ0v) is 45.3. The van der Waals surface area contributed by atoms with E-state index in [1.54, 1.807) is 18.7 Å². The molecule has 13 heteroatoms. The van der Waals surface area contributed by atoms with Crippen molar-refractivity contribution in [2.24, 2.45) is 9.98 Å². The lowest BCUT2D eigenvalue weighted by Gasteiger charge is -2.15. The number of hydrogen-bond donors (Lipinski definition) is 7. The van der Waals surface area contributed by atoms with Crippen molar-refractivity contribution in [3.8, 4) is 0 Å². The van der Waals surface area contributed by atoms with E-state index < -0.39 is 0 Å². The standard InChI is InChI=1S/C25H36N4S.C23H32N4S2.C2H6O.CH3I/c1-18-12-10-13-19(2)23(18)28-22(5)26-16-8-7-9-17-27-25(30-6)29-24-20(3)14-11-15-21(24)4;1-16-10-8-11-17(2)20(16)26-22(28)24-14-6-5-7-15-25-23(29)27-21-18(3)12-9-13-19(21)4;1-2-3;1-2/h10-15H,7-9,16-17H2,1-6H3,(H,26,28)(H,27,29);8-13H,5-7,14-15H2,1-4H3,(H2,24,26,28)(H2,25,27,29);3H,2H2,1H3;1H3. The van der Waals surface area contributed by atoms with Crippen LogP contribution in [-0.4, -0.2) is 70.3 Å². The zero-order valence-electron chi connectivity index (χ0n) is 40.7. The van der Waals surface area contributed by atoms with Crippen molar-refractivity contribution in [2.75, 3.05) is 65.2 Å². The van der Waals surface area contributed by atoms with E-state index in [0.29, 0.717) is 10.2 Å². The number of thioether (sulfide) groups is 1. The van der Waals surface area contributed by atoms with Gasteiger partial charge in [0, 0.05) is 55.5 Å². The molecule has 352 valence electrons. The third-order valence-electron chi connectivity index (χ3n) is 9.98. The molecule has 0 amide bonds. The topological polar surface area (TPSA) is 117 Å². The van der Waals surface area contributed by atoms with Gasteiger partial charge in [-0.05, 0) is 188 Å². The van der Waals surface area contributed by atoms with E-state index in [4.69, 9.17) is 34.5 Å². The van der Waals surface area contributed by atoms with Gasteiger partial charge in [0.05, 0.1) is 5.84 Å². The molecule has 0 bridgehead atoms. The molecule has 0 heterocycles. The molecule has 0 unspecified atom stereocenters. The molecule has 7 N–H and O–H groups in total. The first-order valence-corrected chi connectivity index (χ1v) is 26.4. The van der Waals surface area contributed by atoms with Crippen molar-refractivity contribution >= 4 is 103 Å². The summed E-state index contributed by atoms with van der Waals surface area (Å²) >= 11 is 14.6. The number of aliphatic imine (C=N–C) groups is 2. The molecule has 4 rings (SSSR count). The van der Waals surface area contributed by atoms with Crippen LogP contribution < -0.4 is 31.9 Å². The minimum Gasteiger partial charge on any atom is -0.397 e. The molecule has 0 fully saturated rings. The van der Waals surface area contributed by atoms with E-state index in [0.717, 1.165) is 87.1 Å². The number of para-hydroxylation sites is 4. The SMILES string of the molecule is CCO.CI.CSC(=NCCCCCN=C(C)Nc1c(C)cccc1C)Nc1c(C)cccc1C.Cc1cccc(C)c1NC(=S)NCCCCCNC(=S)Nc1c(C)cccc1C. The Hall–Kier alpha value is -3.76. The summed E-state index contributed by atoms with van der Waals surface area (Å²) in [4.78, 5) is 11.4. The van der Waals surface area contributed by atoms with Gasteiger partial charge in [-0.25, -0.2) is 0 Å². The molecular formula is C51H77IN8OS3. The van der Waals surface area contributed by atoms with Gasteiger partial charge in [0.15, 0.2) is 15.4 Å². The van der Waals surface area contributed by atoms with E-state index >= 15 is 0 Å². The number of aryl methyl sites for hydroxylation is 8. The van der Waals surface area contributed by atoms with Crippen LogP contribution in [0.25, 0.3) is 0 Å². The van der Waals surface area contributed by atoms with Crippen LogP contribution in [0.2, 0.25) is 0 Å². The number of unbranched alkanes of at least 4 members (excludes halogenated alkanes) is 4. The van der Waals surface area contributed by atoms with Crippen molar-refractivity contribution in [3.63, 3.8) is 0 Å². The quantitative estimate of drug-likeness (QED) is 0.0146. The van der Waals surface area contributed by atoms with Gasteiger partial charge in [-0.1, -0.05) is 107 Å². The number of aliphatic hydroxyl groups excluding tert-OH is 1. The minimum absolute atomic E-state index is 0.250. The molecule has 0 aliphatic rings. The largest absolute Gasteiger partial charge is 0.397 e. The lowest BCUT2D eigenvalue weighted by molar-refractivity contribution is 0.318. The first kappa shape index (κ1) is 58.3. The molecule has 0 saturated heterocycles. The maximum absolute atomic E-state index is 7.57. The molecule has 64 heavy (non-hydrogen) atoms. The van der Waals surface area contributed by atoms with Gasteiger partial charge in [-0.15, -0.1) is 0 Å². The molecule has 0 aliphatic carbocycles. The minimum atomic E-state index is 0.250. The maximum Gasteiger partial charge on any atom is 0.170 e. The predicted octanol–water partition coefficient (Wildman–Crippen LogP) is 13.2. The van der Waals surface area contributed by atoms with Crippen LogP contribution in [0.1, 0.15) is 96.9 Å². The Labute approximate surface area is 415 Å². The Morgan fingerprint density at radius 2 is 0.812 bits per heavy atom. The van der Waals surface area contributed by atoms with Crippen molar-refractivity contribution in [1.82, 2.24) is 10.6 Å². The highest BCUT2D eigenvalue weighted by atomic mass is 127. The summed E-state index contributed by atoms with van der Waals surface area (Å²) in [5.74, 6) is 0.980. The van der Waals surface area contributed by atoms with Crippen molar-refractivity contribution in [2.45, 2.75) is 108 Å². The number of anilines is 4. The predicted molar refractivity (Wildman–Crippen MR) is 304 cm³/mol. The third kappa shape index (κ3) is 23.4. The molecular weight excluding hydrogens is 964 g/mol. The van der Waals surface area contributed by atoms with Gasteiger partial charge in [-0.3, -0.25) is 9.98 Å². The average Bonchev–Trinajstić information content (AvgIpc) is 3.26. The number of benzene rings is 4. The van der Waals surface area contributed by atoms with Crippen molar-refractivity contribution in [1.29, 1.82) is 0 Å². The number of alkyl halides is 1. The highest BCUT2D eigenvalue weighted by Crippen LogP contribution is 2.23. The highest BCUT2D eigenvalue weighted by Gasteiger charge is 2.07. The highest BCUT2D eigenvalue weighted by molar-refractivity contribution is 14.1. The molecule has 4 aromatic rings. The van der Waals surface area contributed by atoms with Crippen LogP contribution in [0.5, 0.6) is 0 Å². The van der Waals surface area contributed by atoms with E-state index in [-0.39, 0.29) is 6.61 Å². The molecule has 9 nitrogen and oxygen atoms in total. The van der Waals surface area contributed by atoms with Crippen LogP contribution in [0, 0.1) is 55.4 Å². The summed E-state index contributed by atoms with van der Waals surface area (Å²) in [6, 6.07) is 25.2. The number of rotatable bonds is 16. The van der Waals surface area contributed by atoms with Crippen molar-refractivity contribution < 1.29 is 5.11 Å². The molecule has 0 aromatic heterocycles. The number of amidine groups is 2. The van der Waals surface area contributed by atoms with Gasteiger partial charge in [0.2, 0.25) is 0 Å². The smallest absolute Gasteiger partial charge is 0.170 e. The number of aliphatic hydroxyl groups is 1. The van der Waals surface area contributed by atoms with Crippen LogP contribution in [0.4, 0.5) is 22.7 Å². The molecule has 0 atom stereocenters. The Morgan fingerprint density at radius 3 is 1.16 bits per heavy atom. The van der Waals surface area contributed by atoms with Crippen LogP contribution in [0.15, 0.2) is 82.8 Å². The number of hydrogen-bond acceptors (Lipinski definition) is 6. The summed E-state index contributed by atoms with van der Waals surface area (Å²) in [6.07, 6.45) is 8.60. The molecule has 0 radical (unpaired) electrons. The Balaban J connectivity index is 0.000000582. The molecule has 0 aliphatic heterocycles. The van der Waals surface area contributed by atoms with Crippen LogP contribution >= 0.6 is 58.8 Å². The van der Waals surface area contributed by atoms with Crippen LogP contribution in [0.3, 0.4) is 0 Å². The summed E-state index contributed by atoms with van der Waals surface area (Å²) in [6.45, 7) is 24.3. The molecule has 4 aromatic carbocycles. The maximum atomic E-state index is 7.57. The Morgan fingerprint density at radius 1 is 0.516 bits per heavy atom. The molecule has 0 saturated carbocycles. The number of thiocarbonyl (C=S) groups is 2. The molecule has 0 spiro atoms. The number of nitrogens with zero attached hydrogens (tertiary/aromatic N) is 2. The fourth-order valence-corrected chi connectivity index (χ4v) is 7.34. The second-order valence-electron chi connectivity index (χ2n) is 15.4. The zero-order chi connectivity index (χ0) is 47.9. The van der Waals surface area contributed by atoms with Gasteiger partial charge in [0.25, 0.3) is 0 Å². The second-order valence-corrected chi connectivity index (χ2v) is 17.0. The van der Waals surface area contributed by atoms with E-state index in [9.17, 15) is 0 Å². The number of nitrogens with one attached hydrogen (secondary N) is 6. The van der Waals surface area contributed by atoms with E-state index in [2.05, 4.69) is 194 Å². The third-order valence-corrected chi connectivity index (χ3v) is 11.1. The van der Waals surface area contributed by atoms with Crippen molar-refractivity contribution in [3.05, 3.63) is 117 Å². The summed E-state index contributed by atoms with van der Waals surface area (Å²) in [5.41, 5.74) is 14.3. The lowest BCUT2D eigenvalue weighted by Crippen LogP contribution is -2.31. The van der Waals surface area contributed by atoms with Gasteiger partial charge in [-0.2, -0.15) is 0 Å². The summed E-state index contributed by atoms with van der Waals surface area (Å²) < 4.78 is 0. The fraction of sp³-hybridized carbons (Fsp3) is 0.451. The first-order valence-electron chi connectivity index (χ1n) is 22.2. The van der Waals surface area contributed by atoms with Gasteiger partial charge in [0.1, 0.15) is 0 Å². The summed E-state index contributed by atoms with van der Waals surface area (Å²) in [5, 5.41) is 30.1. The Bertz CT molecular complexity index is 1910. The average molecular weight is 1040 g/mol. The van der Waals surface area contributed by atoms with E-state index in [1.165, 1.54) is 55.9 Å². The normalized spacial score (nSPS) is 10.8. The fourth-order valence-electron chi connectivity index (χ4n) is 6.50. The number of halogens is 1. The first-order chi connectivity index (χ1) is 30.7. The van der Waals surface area contributed by atoms with Crippen LogP contribution in [-0.2, 0) is 0 Å². The Kier molecular flexibility index (Phi) is 31.5. The lowest BCUT2D eigenvalue weighted by atomic mass is 10.1.